The van der Waals surface area contributed by atoms with Crippen molar-refractivity contribution in [1.29, 1.82) is 0 Å². The van der Waals surface area contributed by atoms with Crippen molar-refractivity contribution in [2.45, 2.75) is 44.2 Å². The molecule has 0 aromatic carbocycles. The molecular formula is C15H27N3O. The summed E-state index contributed by atoms with van der Waals surface area (Å²) in [5.74, 6) is 0.302. The van der Waals surface area contributed by atoms with Crippen molar-refractivity contribution in [2.24, 2.45) is 11.7 Å². The predicted octanol–water partition coefficient (Wildman–Crippen LogP) is 1.22. The van der Waals surface area contributed by atoms with Crippen molar-refractivity contribution < 1.29 is 4.79 Å². The summed E-state index contributed by atoms with van der Waals surface area (Å²) in [5, 5.41) is 0. The number of nitrogens with two attached hydrogens (primary N) is 1. The van der Waals surface area contributed by atoms with Gasteiger partial charge in [-0.2, -0.15) is 0 Å². The summed E-state index contributed by atoms with van der Waals surface area (Å²) in [5.41, 5.74) is 5.87. The zero-order valence-corrected chi connectivity index (χ0v) is 12.2. The molecule has 19 heavy (non-hydrogen) atoms. The monoisotopic (exact) mass is 265 g/mol. The summed E-state index contributed by atoms with van der Waals surface area (Å²) < 4.78 is 0. The molecule has 2 unspecified atom stereocenters. The van der Waals surface area contributed by atoms with Crippen molar-refractivity contribution in [3.63, 3.8) is 0 Å². The number of hydrogen-bond donors (Lipinski definition) is 1. The van der Waals surface area contributed by atoms with E-state index in [0.29, 0.717) is 6.04 Å². The summed E-state index contributed by atoms with van der Waals surface area (Å²) >= 11 is 0. The van der Waals surface area contributed by atoms with E-state index in [2.05, 4.69) is 23.9 Å². The van der Waals surface area contributed by atoms with Crippen molar-refractivity contribution in [3.05, 3.63) is 12.2 Å². The average molecular weight is 265 g/mol. The van der Waals surface area contributed by atoms with Gasteiger partial charge in [0, 0.05) is 25.2 Å². The fourth-order valence-electron chi connectivity index (χ4n) is 3.12. The van der Waals surface area contributed by atoms with Crippen molar-refractivity contribution in [2.75, 3.05) is 27.2 Å². The molecule has 0 radical (unpaired) electrons. The highest BCUT2D eigenvalue weighted by molar-refractivity contribution is 5.81. The van der Waals surface area contributed by atoms with Gasteiger partial charge < -0.3 is 15.5 Å². The Bertz CT molecular complexity index is 334. The SMILES string of the molecule is CN(C)CCN(C(=O)C1C=CC(N)C1)C1CCCC1. The van der Waals surface area contributed by atoms with Gasteiger partial charge in [0.05, 0.1) is 5.92 Å². The molecule has 0 bridgehead atoms. The molecule has 108 valence electrons. The summed E-state index contributed by atoms with van der Waals surface area (Å²) in [6, 6.07) is 0.519. The number of likely N-dealkylation sites (N-methyl/N-ethyl adjacent to an activating group) is 1. The third kappa shape index (κ3) is 3.80. The van der Waals surface area contributed by atoms with Crippen molar-refractivity contribution in [1.82, 2.24) is 9.80 Å². The first-order valence-electron chi connectivity index (χ1n) is 7.47. The Morgan fingerprint density at radius 2 is 1.89 bits per heavy atom. The molecule has 0 aromatic rings. The first-order valence-corrected chi connectivity index (χ1v) is 7.47. The maximum Gasteiger partial charge on any atom is 0.229 e. The Morgan fingerprint density at radius 3 is 2.42 bits per heavy atom. The largest absolute Gasteiger partial charge is 0.338 e. The lowest BCUT2D eigenvalue weighted by Crippen LogP contribution is -2.45. The van der Waals surface area contributed by atoms with E-state index in [9.17, 15) is 4.79 Å². The molecule has 2 N–H and O–H groups in total. The minimum absolute atomic E-state index is 0.0118. The van der Waals surface area contributed by atoms with Crippen LogP contribution in [0.15, 0.2) is 12.2 Å². The Kier molecular flexibility index (Phi) is 4.99. The summed E-state index contributed by atoms with van der Waals surface area (Å²) in [4.78, 5) is 17.0. The Hall–Kier alpha value is -0.870. The van der Waals surface area contributed by atoms with Gasteiger partial charge in [0.1, 0.15) is 0 Å². The van der Waals surface area contributed by atoms with Crippen LogP contribution < -0.4 is 5.73 Å². The lowest BCUT2D eigenvalue weighted by Gasteiger charge is -2.32. The number of nitrogens with zero attached hydrogens (tertiary/aromatic N) is 2. The topological polar surface area (TPSA) is 49.6 Å². The lowest BCUT2D eigenvalue weighted by molar-refractivity contribution is -0.136. The molecule has 4 nitrogen and oxygen atoms in total. The van der Waals surface area contributed by atoms with Crippen LogP contribution in [0.3, 0.4) is 0 Å². The third-order valence-corrected chi connectivity index (χ3v) is 4.27. The Labute approximate surface area is 116 Å². The summed E-state index contributed by atoms with van der Waals surface area (Å²) in [6.07, 6.45) is 9.62. The molecule has 4 heteroatoms. The number of amides is 1. The van der Waals surface area contributed by atoms with E-state index in [0.717, 1.165) is 19.5 Å². The van der Waals surface area contributed by atoms with Gasteiger partial charge in [0.2, 0.25) is 5.91 Å². The van der Waals surface area contributed by atoms with Gasteiger partial charge in [0.15, 0.2) is 0 Å². The molecular weight excluding hydrogens is 238 g/mol. The van der Waals surface area contributed by atoms with Gasteiger partial charge in [-0.25, -0.2) is 0 Å². The fraction of sp³-hybridized carbons (Fsp3) is 0.800. The second kappa shape index (κ2) is 6.53. The number of rotatable bonds is 5. The van der Waals surface area contributed by atoms with Gasteiger partial charge in [-0.1, -0.05) is 25.0 Å². The van der Waals surface area contributed by atoms with Gasteiger partial charge in [0.25, 0.3) is 0 Å². The molecule has 0 spiro atoms. The molecule has 2 rings (SSSR count). The van der Waals surface area contributed by atoms with Gasteiger partial charge in [-0.3, -0.25) is 4.79 Å². The maximum absolute atomic E-state index is 12.7. The first kappa shape index (κ1) is 14.5. The van der Waals surface area contributed by atoms with Crippen LogP contribution in [0.5, 0.6) is 0 Å². The molecule has 0 aliphatic heterocycles. The normalized spacial score (nSPS) is 27.4. The third-order valence-electron chi connectivity index (χ3n) is 4.27. The Balaban J connectivity index is 1.99. The Morgan fingerprint density at radius 1 is 1.21 bits per heavy atom. The molecule has 0 aromatic heterocycles. The summed E-state index contributed by atoms with van der Waals surface area (Å²) in [6.45, 7) is 1.78. The molecule has 2 aliphatic carbocycles. The van der Waals surface area contributed by atoms with E-state index in [1.807, 2.05) is 12.2 Å². The quantitative estimate of drug-likeness (QED) is 0.761. The van der Waals surface area contributed by atoms with Crippen LogP contribution >= 0.6 is 0 Å². The highest BCUT2D eigenvalue weighted by Crippen LogP contribution is 2.27. The van der Waals surface area contributed by atoms with Gasteiger partial charge >= 0.3 is 0 Å². The molecule has 2 atom stereocenters. The number of hydrogen-bond acceptors (Lipinski definition) is 3. The highest BCUT2D eigenvalue weighted by Gasteiger charge is 2.32. The minimum atomic E-state index is 0.0118. The van der Waals surface area contributed by atoms with E-state index < -0.39 is 0 Å². The average Bonchev–Trinajstić information content (AvgIpc) is 3.00. The maximum atomic E-state index is 12.7. The van der Waals surface area contributed by atoms with E-state index in [-0.39, 0.29) is 17.9 Å². The van der Waals surface area contributed by atoms with Gasteiger partial charge in [-0.15, -0.1) is 0 Å². The lowest BCUT2D eigenvalue weighted by atomic mass is 10.0. The second-order valence-electron chi connectivity index (χ2n) is 6.16. The van der Waals surface area contributed by atoms with E-state index in [1.54, 1.807) is 0 Å². The zero-order valence-electron chi connectivity index (χ0n) is 12.2. The van der Waals surface area contributed by atoms with Crippen LogP contribution in [0.25, 0.3) is 0 Å². The molecule has 2 aliphatic rings. The molecule has 1 saturated carbocycles. The minimum Gasteiger partial charge on any atom is -0.338 e. The van der Waals surface area contributed by atoms with E-state index in [1.165, 1.54) is 25.7 Å². The first-order chi connectivity index (χ1) is 9.08. The molecule has 0 saturated heterocycles. The smallest absolute Gasteiger partial charge is 0.229 e. The molecule has 1 amide bonds. The predicted molar refractivity (Wildman–Crippen MR) is 77.7 cm³/mol. The molecule has 1 fully saturated rings. The van der Waals surface area contributed by atoms with Gasteiger partial charge in [-0.05, 0) is 33.4 Å². The van der Waals surface area contributed by atoms with Crippen LogP contribution in [0.4, 0.5) is 0 Å². The zero-order chi connectivity index (χ0) is 13.8. The van der Waals surface area contributed by atoms with Crippen LogP contribution in [0, 0.1) is 5.92 Å². The van der Waals surface area contributed by atoms with Crippen molar-refractivity contribution >= 4 is 5.91 Å². The van der Waals surface area contributed by atoms with Crippen LogP contribution in [0.1, 0.15) is 32.1 Å². The fourth-order valence-corrected chi connectivity index (χ4v) is 3.12. The number of carbonyl (C=O) groups excluding carboxylic acids is 1. The van der Waals surface area contributed by atoms with Crippen LogP contribution in [-0.4, -0.2) is 55.0 Å². The van der Waals surface area contributed by atoms with Crippen molar-refractivity contribution in [3.8, 4) is 0 Å². The van der Waals surface area contributed by atoms with E-state index in [4.69, 9.17) is 5.73 Å². The highest BCUT2D eigenvalue weighted by atomic mass is 16.2. The van der Waals surface area contributed by atoms with E-state index >= 15 is 0 Å². The summed E-state index contributed by atoms with van der Waals surface area (Å²) in [7, 11) is 4.12. The van der Waals surface area contributed by atoms with Crippen LogP contribution in [-0.2, 0) is 4.79 Å². The standard InChI is InChI=1S/C15H27N3O/c1-17(2)9-10-18(14-5-3-4-6-14)15(19)12-7-8-13(16)11-12/h7-8,12-14H,3-6,9-11,16H2,1-2H3. The van der Waals surface area contributed by atoms with Crippen LogP contribution in [0.2, 0.25) is 0 Å². The molecule has 0 heterocycles. The number of carbonyl (C=O) groups is 1. The second-order valence-corrected chi connectivity index (χ2v) is 6.16.